The molecular weight excluding hydrogens is 330 g/mol. The average Bonchev–Trinajstić information content (AvgIpc) is 2.59. The van der Waals surface area contributed by atoms with Gasteiger partial charge in [-0.05, 0) is 37.8 Å². The molecule has 2 aromatic carbocycles. The number of nitrogens with one attached hydrogen (secondary N) is 1. The first-order valence-electron chi connectivity index (χ1n) is 8.34. The first-order valence-corrected chi connectivity index (χ1v) is 9.22. The fourth-order valence-corrected chi connectivity index (χ4v) is 3.72. The number of amides is 1. The molecule has 1 N–H and O–H groups in total. The zero-order valence-electron chi connectivity index (χ0n) is 14.6. The van der Waals surface area contributed by atoms with Gasteiger partial charge in [0.25, 0.3) is 0 Å². The van der Waals surface area contributed by atoms with Crippen LogP contribution in [0.1, 0.15) is 24.7 Å². The summed E-state index contributed by atoms with van der Waals surface area (Å²) in [6.45, 7) is 5.88. The molecule has 1 aromatic heterocycles. The number of anilines is 1. The smallest absolute Gasteiger partial charge is 0.237 e. The molecule has 1 atom stereocenters. The lowest BCUT2D eigenvalue weighted by molar-refractivity contribution is -0.115. The van der Waals surface area contributed by atoms with Crippen LogP contribution in [0.15, 0.2) is 53.7 Å². The molecule has 1 amide bonds. The Labute approximate surface area is 152 Å². The molecule has 128 valence electrons. The quantitative estimate of drug-likeness (QED) is 0.532. The molecule has 0 aliphatic rings. The molecule has 0 radical (unpaired) electrons. The number of fused-ring (bicyclic) bond motifs is 1. The van der Waals surface area contributed by atoms with Crippen molar-refractivity contribution in [2.45, 2.75) is 37.6 Å². The number of nitrogens with zero attached hydrogens (tertiary/aromatic N) is 2. The molecule has 0 aliphatic heterocycles. The van der Waals surface area contributed by atoms with Gasteiger partial charge in [0.1, 0.15) is 0 Å². The number of thioether (sulfide) groups is 1. The minimum absolute atomic E-state index is 0.0217. The van der Waals surface area contributed by atoms with E-state index in [4.69, 9.17) is 0 Å². The van der Waals surface area contributed by atoms with Gasteiger partial charge >= 0.3 is 0 Å². The molecule has 5 heteroatoms. The molecule has 0 saturated carbocycles. The summed E-state index contributed by atoms with van der Waals surface area (Å²) in [5.41, 5.74) is 2.67. The zero-order valence-corrected chi connectivity index (χ0v) is 15.4. The van der Waals surface area contributed by atoms with Crippen LogP contribution in [0, 0.1) is 13.8 Å². The van der Waals surface area contributed by atoms with Crippen LogP contribution in [-0.4, -0.2) is 21.1 Å². The highest BCUT2D eigenvalue weighted by molar-refractivity contribution is 8.00. The summed E-state index contributed by atoms with van der Waals surface area (Å²) in [7, 11) is 0. The van der Waals surface area contributed by atoms with Gasteiger partial charge in [0, 0.05) is 22.5 Å². The fraction of sp³-hybridized carbons (Fsp3) is 0.250. The van der Waals surface area contributed by atoms with Crippen LogP contribution in [0.3, 0.4) is 0 Å². The van der Waals surface area contributed by atoms with E-state index in [1.165, 1.54) is 11.8 Å². The molecule has 0 aliphatic carbocycles. The van der Waals surface area contributed by atoms with Crippen LogP contribution >= 0.6 is 11.8 Å². The highest BCUT2D eigenvalue weighted by Gasteiger charge is 2.20. The third kappa shape index (κ3) is 4.17. The minimum Gasteiger partial charge on any atom is -0.325 e. The van der Waals surface area contributed by atoms with E-state index in [2.05, 4.69) is 15.3 Å². The number of rotatable bonds is 5. The second-order valence-electron chi connectivity index (χ2n) is 5.96. The minimum atomic E-state index is -0.236. The maximum absolute atomic E-state index is 12.8. The Morgan fingerprint density at radius 3 is 2.48 bits per heavy atom. The molecule has 0 spiro atoms. The maximum atomic E-state index is 12.8. The summed E-state index contributed by atoms with van der Waals surface area (Å²) in [6.07, 6.45) is 0.706. The molecular formula is C20H21N3OS. The van der Waals surface area contributed by atoms with Crippen molar-refractivity contribution in [3.05, 3.63) is 59.9 Å². The number of hydrogen-bond donors (Lipinski definition) is 1. The van der Waals surface area contributed by atoms with E-state index in [1.807, 2.05) is 69.3 Å². The Balaban J connectivity index is 1.80. The molecule has 3 aromatic rings. The largest absolute Gasteiger partial charge is 0.325 e. The molecule has 0 bridgehead atoms. The van der Waals surface area contributed by atoms with Crippen molar-refractivity contribution in [2.24, 2.45) is 0 Å². The number of carbonyl (C=O) groups is 1. The summed E-state index contributed by atoms with van der Waals surface area (Å²) in [5, 5.41) is 5.64. The van der Waals surface area contributed by atoms with Gasteiger partial charge in [0.2, 0.25) is 5.91 Å². The number of carbonyl (C=O) groups excluding carboxylic acids is 1. The third-order valence-corrected chi connectivity index (χ3v) is 5.15. The van der Waals surface area contributed by atoms with E-state index in [9.17, 15) is 4.79 Å². The van der Waals surface area contributed by atoms with Crippen LogP contribution in [0.4, 0.5) is 5.69 Å². The summed E-state index contributed by atoms with van der Waals surface area (Å²) < 4.78 is 0. The van der Waals surface area contributed by atoms with Crippen LogP contribution < -0.4 is 5.32 Å². The van der Waals surface area contributed by atoms with Crippen molar-refractivity contribution in [1.29, 1.82) is 0 Å². The molecule has 3 rings (SSSR count). The Bertz CT molecular complexity index is 885. The van der Waals surface area contributed by atoms with Gasteiger partial charge in [-0.2, -0.15) is 0 Å². The normalized spacial score (nSPS) is 12.1. The van der Waals surface area contributed by atoms with Crippen LogP contribution in [-0.2, 0) is 4.79 Å². The van der Waals surface area contributed by atoms with Crippen molar-refractivity contribution in [1.82, 2.24) is 9.97 Å². The number of benzene rings is 2. The van der Waals surface area contributed by atoms with Gasteiger partial charge in [-0.3, -0.25) is 4.79 Å². The van der Waals surface area contributed by atoms with E-state index in [1.54, 1.807) is 0 Å². The van der Waals surface area contributed by atoms with Gasteiger partial charge in [-0.15, -0.1) is 0 Å². The predicted octanol–water partition coefficient (Wildman–Crippen LogP) is 4.76. The highest BCUT2D eigenvalue weighted by atomic mass is 32.2. The average molecular weight is 351 g/mol. The lowest BCUT2D eigenvalue weighted by Gasteiger charge is -2.15. The Hall–Kier alpha value is -2.40. The molecule has 25 heavy (non-hydrogen) atoms. The highest BCUT2D eigenvalue weighted by Crippen LogP contribution is 2.27. The number of aryl methyl sites for hydroxylation is 2. The van der Waals surface area contributed by atoms with Crippen LogP contribution in [0.2, 0.25) is 0 Å². The van der Waals surface area contributed by atoms with E-state index >= 15 is 0 Å². The van der Waals surface area contributed by atoms with Gasteiger partial charge in [-0.1, -0.05) is 55.1 Å². The molecule has 4 nitrogen and oxygen atoms in total. The standard InChI is InChI=1S/C20H21N3OS/c1-4-18(25-20-21-13(2)12-14(3)22-20)19(24)23-17-11-7-9-15-8-5-6-10-16(15)17/h5-12,18H,4H2,1-3H3,(H,23,24)/t18-/m0/s1. The third-order valence-electron chi connectivity index (χ3n) is 3.92. The summed E-state index contributed by atoms with van der Waals surface area (Å²) >= 11 is 1.42. The number of hydrogen-bond acceptors (Lipinski definition) is 4. The Morgan fingerprint density at radius 1 is 1.08 bits per heavy atom. The second-order valence-corrected chi connectivity index (χ2v) is 7.13. The van der Waals surface area contributed by atoms with E-state index in [0.717, 1.165) is 27.8 Å². The van der Waals surface area contributed by atoms with E-state index in [0.29, 0.717) is 11.6 Å². The molecule has 0 saturated heterocycles. The van der Waals surface area contributed by atoms with Crippen molar-refractivity contribution in [2.75, 3.05) is 5.32 Å². The van der Waals surface area contributed by atoms with Gasteiger partial charge in [0.05, 0.1) is 5.25 Å². The maximum Gasteiger partial charge on any atom is 0.237 e. The van der Waals surface area contributed by atoms with Crippen molar-refractivity contribution < 1.29 is 4.79 Å². The number of aromatic nitrogens is 2. The first-order chi connectivity index (χ1) is 12.1. The van der Waals surface area contributed by atoms with Crippen molar-refractivity contribution >= 4 is 34.1 Å². The summed E-state index contributed by atoms with van der Waals surface area (Å²) in [4.78, 5) is 21.6. The van der Waals surface area contributed by atoms with Gasteiger partial charge < -0.3 is 5.32 Å². The van der Waals surface area contributed by atoms with Crippen molar-refractivity contribution in [3.63, 3.8) is 0 Å². The van der Waals surface area contributed by atoms with Crippen LogP contribution in [0.5, 0.6) is 0 Å². The summed E-state index contributed by atoms with van der Waals surface area (Å²) in [6, 6.07) is 15.9. The molecule has 1 heterocycles. The predicted molar refractivity (Wildman–Crippen MR) is 104 cm³/mol. The van der Waals surface area contributed by atoms with E-state index < -0.39 is 0 Å². The van der Waals surface area contributed by atoms with Crippen molar-refractivity contribution in [3.8, 4) is 0 Å². The second kappa shape index (κ2) is 7.66. The van der Waals surface area contributed by atoms with E-state index in [-0.39, 0.29) is 11.2 Å². The lowest BCUT2D eigenvalue weighted by atomic mass is 10.1. The zero-order chi connectivity index (χ0) is 17.8. The Morgan fingerprint density at radius 2 is 1.76 bits per heavy atom. The topological polar surface area (TPSA) is 54.9 Å². The SMILES string of the molecule is CC[C@H](Sc1nc(C)cc(C)n1)C(=O)Nc1cccc2ccccc12. The van der Waals surface area contributed by atoms with Gasteiger partial charge in [-0.25, -0.2) is 9.97 Å². The van der Waals surface area contributed by atoms with Gasteiger partial charge in [0.15, 0.2) is 5.16 Å². The molecule has 0 fully saturated rings. The van der Waals surface area contributed by atoms with Crippen LogP contribution in [0.25, 0.3) is 10.8 Å². The Kier molecular flexibility index (Phi) is 5.34. The molecule has 0 unspecified atom stereocenters. The fourth-order valence-electron chi connectivity index (χ4n) is 2.74. The lowest BCUT2D eigenvalue weighted by Crippen LogP contribution is -2.25. The monoisotopic (exact) mass is 351 g/mol. The summed E-state index contributed by atoms with van der Waals surface area (Å²) in [5.74, 6) is -0.0217. The first kappa shape index (κ1) is 17.4.